The van der Waals surface area contributed by atoms with Gasteiger partial charge < -0.3 is 15.2 Å². The van der Waals surface area contributed by atoms with Crippen molar-refractivity contribution < 1.29 is 28.3 Å². The smallest absolute Gasteiger partial charge is 0.305 e. The van der Waals surface area contributed by atoms with Gasteiger partial charge in [0.25, 0.3) is 5.91 Å². The predicted octanol–water partition coefficient (Wildman–Crippen LogP) is 0.754. The van der Waals surface area contributed by atoms with Crippen LogP contribution in [0.5, 0.6) is 0 Å². The molecule has 1 amide bonds. The minimum absolute atomic E-state index is 0.0271. The van der Waals surface area contributed by atoms with Gasteiger partial charge in [0.2, 0.25) is 5.82 Å². The number of halogens is 2. The van der Waals surface area contributed by atoms with Gasteiger partial charge in [0.1, 0.15) is 11.4 Å². The summed E-state index contributed by atoms with van der Waals surface area (Å²) in [6.07, 6.45) is 0.305. The lowest BCUT2D eigenvalue weighted by Crippen LogP contribution is -2.43. The van der Waals surface area contributed by atoms with Crippen molar-refractivity contribution in [3.8, 4) is 0 Å². The van der Waals surface area contributed by atoms with E-state index in [1.165, 1.54) is 0 Å². The number of aliphatic hydroxyl groups is 1. The number of hydrogen-bond donors (Lipinski definition) is 2. The number of carbonyl (C=O) groups is 1. The van der Waals surface area contributed by atoms with Crippen LogP contribution in [0, 0.1) is 21.7 Å². The topological polar surface area (TPSA) is 102 Å². The normalized spacial score (nSPS) is 21.3. The fraction of sp³-hybridized carbons (Fsp3) is 0.417. The zero-order chi connectivity index (χ0) is 15.6. The zero-order valence-corrected chi connectivity index (χ0v) is 10.8. The molecule has 0 radical (unpaired) electrons. The molecule has 2 N–H and O–H groups in total. The Morgan fingerprint density at radius 2 is 2.19 bits per heavy atom. The van der Waals surface area contributed by atoms with Crippen molar-refractivity contribution in [1.29, 1.82) is 0 Å². The van der Waals surface area contributed by atoms with E-state index in [-0.39, 0.29) is 19.2 Å². The number of nitro groups is 1. The fourth-order valence-corrected chi connectivity index (χ4v) is 1.93. The van der Waals surface area contributed by atoms with Gasteiger partial charge >= 0.3 is 5.69 Å². The van der Waals surface area contributed by atoms with E-state index in [2.05, 4.69) is 5.32 Å². The third-order valence-corrected chi connectivity index (χ3v) is 3.14. The van der Waals surface area contributed by atoms with Crippen LogP contribution in [0.15, 0.2) is 12.1 Å². The molecule has 1 aromatic rings. The highest BCUT2D eigenvalue weighted by molar-refractivity contribution is 5.95. The van der Waals surface area contributed by atoms with Crippen LogP contribution >= 0.6 is 0 Å². The Morgan fingerprint density at radius 1 is 1.48 bits per heavy atom. The summed E-state index contributed by atoms with van der Waals surface area (Å²) < 4.78 is 31.7. The number of nitro benzene ring substituents is 1. The molecule has 0 spiro atoms. The largest absolute Gasteiger partial charge is 0.386 e. The van der Waals surface area contributed by atoms with E-state index in [1.54, 1.807) is 0 Å². The van der Waals surface area contributed by atoms with Crippen LogP contribution in [0.1, 0.15) is 16.8 Å². The number of benzene rings is 1. The molecule has 0 aliphatic carbocycles. The third-order valence-electron chi connectivity index (χ3n) is 3.14. The van der Waals surface area contributed by atoms with Crippen molar-refractivity contribution in [3.63, 3.8) is 0 Å². The Bertz CT molecular complexity index is 587. The first-order valence-corrected chi connectivity index (χ1v) is 6.04. The highest BCUT2D eigenvalue weighted by atomic mass is 19.1. The first kappa shape index (κ1) is 15.3. The van der Waals surface area contributed by atoms with Crippen molar-refractivity contribution in [2.75, 3.05) is 19.8 Å². The van der Waals surface area contributed by atoms with Crippen LogP contribution in [0.2, 0.25) is 0 Å². The van der Waals surface area contributed by atoms with Gasteiger partial charge in [0.05, 0.1) is 17.1 Å². The van der Waals surface area contributed by atoms with Crippen LogP contribution in [0.3, 0.4) is 0 Å². The van der Waals surface area contributed by atoms with Crippen molar-refractivity contribution in [2.24, 2.45) is 0 Å². The molecule has 1 atom stereocenters. The lowest BCUT2D eigenvalue weighted by molar-refractivity contribution is -0.387. The number of nitrogens with one attached hydrogen (secondary N) is 1. The van der Waals surface area contributed by atoms with E-state index >= 15 is 0 Å². The number of nitrogens with zero attached hydrogens (tertiary/aromatic N) is 1. The van der Waals surface area contributed by atoms with Gasteiger partial charge in [-0.2, -0.15) is 4.39 Å². The molecule has 114 valence electrons. The van der Waals surface area contributed by atoms with Crippen LogP contribution in [0.4, 0.5) is 14.5 Å². The Kier molecular flexibility index (Phi) is 4.14. The van der Waals surface area contributed by atoms with Gasteiger partial charge in [-0.15, -0.1) is 0 Å². The summed E-state index contributed by atoms with van der Waals surface area (Å²) in [4.78, 5) is 21.3. The molecule has 7 nitrogen and oxygen atoms in total. The summed E-state index contributed by atoms with van der Waals surface area (Å²) in [6, 6.07) is 0.801. The SMILES string of the molecule is O=C(NCC1(O)CCOC1)c1cc([N+](=O)[O-])c(F)cc1F. The molecule has 1 aliphatic heterocycles. The van der Waals surface area contributed by atoms with Crippen molar-refractivity contribution in [3.05, 3.63) is 39.4 Å². The molecular formula is C12H12F2N2O5. The summed E-state index contributed by atoms with van der Waals surface area (Å²) in [5, 5.41) is 22.8. The van der Waals surface area contributed by atoms with E-state index in [1.807, 2.05) is 0 Å². The maximum absolute atomic E-state index is 13.5. The molecule has 0 saturated carbocycles. The van der Waals surface area contributed by atoms with Crippen LogP contribution in [-0.4, -0.2) is 41.3 Å². The Labute approximate surface area is 117 Å². The highest BCUT2D eigenvalue weighted by Crippen LogP contribution is 2.22. The average molecular weight is 302 g/mol. The summed E-state index contributed by atoms with van der Waals surface area (Å²) in [7, 11) is 0. The maximum Gasteiger partial charge on any atom is 0.305 e. The molecule has 1 aliphatic rings. The number of hydrogen-bond acceptors (Lipinski definition) is 5. The Balaban J connectivity index is 2.15. The van der Waals surface area contributed by atoms with Gasteiger partial charge in [-0.1, -0.05) is 0 Å². The number of rotatable bonds is 4. The summed E-state index contributed by atoms with van der Waals surface area (Å²) in [5.41, 5.74) is -2.91. The molecule has 1 heterocycles. The standard InChI is InChI=1S/C12H12F2N2O5/c13-8-4-9(14)10(16(19)20)3-7(8)11(17)15-5-12(18)1-2-21-6-12/h3-4,18H,1-2,5-6H2,(H,15,17). The van der Waals surface area contributed by atoms with Crippen molar-refractivity contribution >= 4 is 11.6 Å². The van der Waals surface area contributed by atoms with Crippen LogP contribution in [0.25, 0.3) is 0 Å². The zero-order valence-electron chi connectivity index (χ0n) is 10.8. The maximum atomic E-state index is 13.5. The molecule has 1 unspecified atom stereocenters. The molecule has 0 bridgehead atoms. The molecule has 1 fully saturated rings. The molecular weight excluding hydrogens is 290 g/mol. The minimum Gasteiger partial charge on any atom is -0.386 e. The van der Waals surface area contributed by atoms with E-state index in [9.17, 15) is 28.8 Å². The second-order valence-corrected chi connectivity index (χ2v) is 4.75. The third kappa shape index (κ3) is 3.31. The lowest BCUT2D eigenvalue weighted by Gasteiger charge is -2.20. The average Bonchev–Trinajstić information content (AvgIpc) is 2.83. The van der Waals surface area contributed by atoms with Gasteiger partial charge in [-0.25, -0.2) is 4.39 Å². The highest BCUT2D eigenvalue weighted by Gasteiger charge is 2.33. The van der Waals surface area contributed by atoms with E-state index < -0.39 is 39.3 Å². The quantitative estimate of drug-likeness (QED) is 0.631. The summed E-state index contributed by atoms with van der Waals surface area (Å²) >= 11 is 0. The van der Waals surface area contributed by atoms with E-state index in [4.69, 9.17) is 4.74 Å². The minimum atomic E-state index is -1.36. The van der Waals surface area contributed by atoms with Crippen LogP contribution < -0.4 is 5.32 Å². The van der Waals surface area contributed by atoms with Crippen LogP contribution in [-0.2, 0) is 4.74 Å². The van der Waals surface area contributed by atoms with Crippen molar-refractivity contribution in [1.82, 2.24) is 5.32 Å². The predicted molar refractivity (Wildman–Crippen MR) is 65.7 cm³/mol. The van der Waals surface area contributed by atoms with E-state index in [0.29, 0.717) is 19.1 Å². The number of amides is 1. The number of ether oxygens (including phenoxy) is 1. The fourth-order valence-electron chi connectivity index (χ4n) is 1.93. The van der Waals surface area contributed by atoms with Gasteiger partial charge in [0, 0.05) is 31.7 Å². The number of carbonyl (C=O) groups excluding carboxylic acids is 1. The monoisotopic (exact) mass is 302 g/mol. The molecule has 1 saturated heterocycles. The van der Waals surface area contributed by atoms with E-state index in [0.717, 1.165) is 0 Å². The first-order valence-electron chi connectivity index (χ1n) is 6.04. The Morgan fingerprint density at radius 3 is 2.76 bits per heavy atom. The van der Waals surface area contributed by atoms with Crippen molar-refractivity contribution in [2.45, 2.75) is 12.0 Å². The molecule has 2 rings (SSSR count). The second-order valence-electron chi connectivity index (χ2n) is 4.75. The molecule has 21 heavy (non-hydrogen) atoms. The second kappa shape index (κ2) is 5.70. The molecule has 9 heteroatoms. The molecule has 1 aromatic carbocycles. The first-order chi connectivity index (χ1) is 9.82. The lowest BCUT2D eigenvalue weighted by atomic mass is 10.0. The summed E-state index contributed by atoms with van der Waals surface area (Å²) in [5.74, 6) is -3.56. The van der Waals surface area contributed by atoms with Gasteiger partial charge in [-0.3, -0.25) is 14.9 Å². The Hall–Kier alpha value is -2.13. The van der Waals surface area contributed by atoms with Gasteiger partial charge in [0.15, 0.2) is 0 Å². The van der Waals surface area contributed by atoms with Gasteiger partial charge in [-0.05, 0) is 0 Å². The summed E-state index contributed by atoms with van der Waals surface area (Å²) in [6.45, 7) is 0.165. The molecule has 0 aromatic heterocycles.